The number of nitriles is 1. The summed E-state index contributed by atoms with van der Waals surface area (Å²) in [5, 5.41) is 21.6. The van der Waals surface area contributed by atoms with E-state index in [0.29, 0.717) is 17.9 Å². The van der Waals surface area contributed by atoms with Gasteiger partial charge in [0.25, 0.3) is 0 Å². The average molecular weight is 331 g/mol. The molecule has 0 saturated carbocycles. The number of ether oxygens (including phenoxy) is 1. The van der Waals surface area contributed by atoms with Gasteiger partial charge in [-0.25, -0.2) is 4.98 Å². The van der Waals surface area contributed by atoms with E-state index in [1.807, 2.05) is 48.5 Å². The Kier molecular flexibility index (Phi) is 5.25. The summed E-state index contributed by atoms with van der Waals surface area (Å²) in [6.45, 7) is 0.648. The highest BCUT2D eigenvalue weighted by molar-refractivity contribution is 5.58. The molecule has 0 aliphatic carbocycles. The monoisotopic (exact) mass is 331 g/mol. The lowest BCUT2D eigenvalue weighted by atomic mass is 10.1. The first kappa shape index (κ1) is 16.5. The van der Waals surface area contributed by atoms with E-state index >= 15 is 0 Å². The van der Waals surface area contributed by atoms with Crippen LogP contribution in [-0.4, -0.2) is 10.1 Å². The lowest BCUT2D eigenvalue weighted by Crippen LogP contribution is -2.02. The SMILES string of the molecule is N#Cc1cccnc1Oc1ccccc1NCc1ccc(CO)cc1. The van der Waals surface area contributed by atoms with Crippen LogP contribution in [0.25, 0.3) is 0 Å². The number of aliphatic hydroxyl groups is 1. The average Bonchev–Trinajstić information content (AvgIpc) is 2.68. The molecule has 25 heavy (non-hydrogen) atoms. The molecule has 1 heterocycles. The third-order valence-electron chi connectivity index (χ3n) is 3.67. The van der Waals surface area contributed by atoms with Crippen molar-refractivity contribution in [1.82, 2.24) is 4.98 Å². The highest BCUT2D eigenvalue weighted by Gasteiger charge is 2.09. The molecular weight excluding hydrogens is 314 g/mol. The van der Waals surface area contributed by atoms with Gasteiger partial charge in [0.2, 0.25) is 5.88 Å². The molecule has 0 radical (unpaired) electrons. The Labute approximate surface area is 146 Å². The van der Waals surface area contributed by atoms with E-state index in [1.54, 1.807) is 18.3 Å². The Balaban J connectivity index is 1.75. The number of aliphatic hydroxyl groups excluding tert-OH is 1. The van der Waals surface area contributed by atoms with Crippen LogP contribution in [0.5, 0.6) is 11.6 Å². The van der Waals surface area contributed by atoms with Crippen molar-refractivity contribution in [1.29, 1.82) is 5.26 Å². The number of benzene rings is 2. The van der Waals surface area contributed by atoms with Crippen LogP contribution in [0, 0.1) is 11.3 Å². The number of rotatable bonds is 6. The van der Waals surface area contributed by atoms with E-state index in [1.165, 1.54) is 0 Å². The zero-order chi connectivity index (χ0) is 17.5. The van der Waals surface area contributed by atoms with Crippen LogP contribution in [0.4, 0.5) is 5.69 Å². The smallest absolute Gasteiger partial charge is 0.237 e. The van der Waals surface area contributed by atoms with Gasteiger partial charge in [0.15, 0.2) is 5.75 Å². The van der Waals surface area contributed by atoms with Crippen LogP contribution in [0.3, 0.4) is 0 Å². The van der Waals surface area contributed by atoms with E-state index in [2.05, 4.69) is 16.4 Å². The van der Waals surface area contributed by atoms with Gasteiger partial charge in [0.05, 0.1) is 12.3 Å². The number of pyridine rings is 1. The normalized spacial score (nSPS) is 10.1. The number of hydrogen-bond acceptors (Lipinski definition) is 5. The molecule has 0 saturated heterocycles. The van der Waals surface area contributed by atoms with E-state index in [-0.39, 0.29) is 12.5 Å². The maximum Gasteiger partial charge on any atom is 0.237 e. The van der Waals surface area contributed by atoms with Crippen LogP contribution in [0.2, 0.25) is 0 Å². The Morgan fingerprint density at radius 3 is 2.52 bits per heavy atom. The minimum Gasteiger partial charge on any atom is -0.436 e. The molecule has 2 N–H and O–H groups in total. The Hall–Kier alpha value is -3.36. The summed E-state index contributed by atoms with van der Waals surface area (Å²) in [7, 11) is 0. The Morgan fingerprint density at radius 1 is 1.00 bits per heavy atom. The first-order valence-electron chi connectivity index (χ1n) is 7.84. The van der Waals surface area contributed by atoms with Crippen LogP contribution < -0.4 is 10.1 Å². The summed E-state index contributed by atoms with van der Waals surface area (Å²) in [5.74, 6) is 0.885. The standard InChI is InChI=1S/C20H17N3O2/c21-12-17-4-3-11-22-20(17)25-19-6-2-1-5-18(19)23-13-15-7-9-16(14-24)10-8-15/h1-11,23-24H,13-14H2. The van der Waals surface area contributed by atoms with Crippen molar-refractivity contribution in [3.05, 3.63) is 83.6 Å². The number of nitrogens with one attached hydrogen (secondary N) is 1. The molecule has 1 aromatic heterocycles. The highest BCUT2D eigenvalue weighted by atomic mass is 16.5. The van der Waals surface area contributed by atoms with E-state index in [0.717, 1.165) is 16.8 Å². The third-order valence-corrected chi connectivity index (χ3v) is 3.67. The van der Waals surface area contributed by atoms with Gasteiger partial charge in [-0.05, 0) is 35.4 Å². The summed E-state index contributed by atoms with van der Waals surface area (Å²) in [4.78, 5) is 4.13. The molecule has 0 amide bonds. The quantitative estimate of drug-likeness (QED) is 0.717. The van der Waals surface area contributed by atoms with E-state index < -0.39 is 0 Å². The summed E-state index contributed by atoms with van der Waals surface area (Å²) in [6.07, 6.45) is 1.59. The number of aromatic nitrogens is 1. The van der Waals surface area contributed by atoms with E-state index in [9.17, 15) is 0 Å². The maximum atomic E-state index is 9.16. The second-order valence-corrected chi connectivity index (χ2v) is 5.39. The van der Waals surface area contributed by atoms with Gasteiger partial charge in [-0.2, -0.15) is 5.26 Å². The summed E-state index contributed by atoms with van der Waals surface area (Å²) in [5.41, 5.74) is 3.16. The number of nitrogens with zero attached hydrogens (tertiary/aromatic N) is 2. The van der Waals surface area contributed by atoms with Crippen LogP contribution in [-0.2, 0) is 13.2 Å². The Bertz CT molecular complexity index is 886. The molecule has 0 aliphatic rings. The number of hydrogen-bond donors (Lipinski definition) is 2. The molecular formula is C20H17N3O2. The third kappa shape index (κ3) is 4.14. The molecule has 124 valence electrons. The van der Waals surface area contributed by atoms with Crippen molar-refractivity contribution in [2.24, 2.45) is 0 Å². The van der Waals surface area contributed by atoms with Gasteiger partial charge in [-0.3, -0.25) is 0 Å². The second-order valence-electron chi connectivity index (χ2n) is 5.39. The van der Waals surface area contributed by atoms with Crippen molar-refractivity contribution in [2.45, 2.75) is 13.2 Å². The summed E-state index contributed by atoms with van der Waals surface area (Å²) in [6, 6.07) is 20.7. The van der Waals surface area contributed by atoms with E-state index in [4.69, 9.17) is 15.1 Å². The molecule has 0 unspecified atom stereocenters. The van der Waals surface area contributed by atoms with Crippen molar-refractivity contribution < 1.29 is 9.84 Å². The van der Waals surface area contributed by atoms with Gasteiger partial charge >= 0.3 is 0 Å². The summed E-state index contributed by atoms with van der Waals surface area (Å²) < 4.78 is 5.83. The molecule has 2 aromatic carbocycles. The van der Waals surface area contributed by atoms with Crippen LogP contribution >= 0.6 is 0 Å². The topological polar surface area (TPSA) is 78.2 Å². The van der Waals surface area contributed by atoms with Gasteiger partial charge in [0.1, 0.15) is 11.6 Å². The first-order valence-corrected chi connectivity index (χ1v) is 7.84. The molecule has 0 spiro atoms. The van der Waals surface area contributed by atoms with Gasteiger partial charge in [-0.1, -0.05) is 36.4 Å². The lowest BCUT2D eigenvalue weighted by molar-refractivity contribution is 0.282. The zero-order valence-corrected chi connectivity index (χ0v) is 13.5. The minimum absolute atomic E-state index is 0.0374. The molecule has 3 rings (SSSR count). The van der Waals surface area contributed by atoms with Gasteiger partial charge in [-0.15, -0.1) is 0 Å². The van der Waals surface area contributed by atoms with Crippen molar-refractivity contribution in [3.8, 4) is 17.7 Å². The van der Waals surface area contributed by atoms with Crippen molar-refractivity contribution >= 4 is 5.69 Å². The predicted molar refractivity (Wildman–Crippen MR) is 95.2 cm³/mol. The maximum absolute atomic E-state index is 9.16. The van der Waals surface area contributed by atoms with Crippen molar-refractivity contribution in [2.75, 3.05) is 5.32 Å². The zero-order valence-electron chi connectivity index (χ0n) is 13.5. The lowest BCUT2D eigenvalue weighted by Gasteiger charge is -2.13. The number of para-hydroxylation sites is 2. The molecule has 5 nitrogen and oxygen atoms in total. The fourth-order valence-corrected chi connectivity index (χ4v) is 2.32. The van der Waals surface area contributed by atoms with Gasteiger partial charge < -0.3 is 15.2 Å². The Morgan fingerprint density at radius 2 is 1.76 bits per heavy atom. The fraction of sp³-hybridized carbons (Fsp3) is 0.100. The molecule has 0 atom stereocenters. The highest BCUT2D eigenvalue weighted by Crippen LogP contribution is 2.30. The fourth-order valence-electron chi connectivity index (χ4n) is 2.32. The summed E-state index contributed by atoms with van der Waals surface area (Å²) >= 11 is 0. The largest absolute Gasteiger partial charge is 0.436 e. The van der Waals surface area contributed by atoms with Crippen LogP contribution in [0.1, 0.15) is 16.7 Å². The van der Waals surface area contributed by atoms with Gasteiger partial charge in [0, 0.05) is 12.7 Å². The second kappa shape index (κ2) is 7.95. The molecule has 0 bridgehead atoms. The molecule has 0 aliphatic heterocycles. The first-order chi connectivity index (χ1) is 12.3. The van der Waals surface area contributed by atoms with Crippen molar-refractivity contribution in [3.63, 3.8) is 0 Å². The number of anilines is 1. The predicted octanol–water partition coefficient (Wildman–Crippen LogP) is 3.85. The molecule has 5 heteroatoms. The molecule has 0 fully saturated rings. The minimum atomic E-state index is 0.0374. The molecule has 3 aromatic rings. The van der Waals surface area contributed by atoms with Crippen LogP contribution in [0.15, 0.2) is 66.9 Å².